The third-order valence-electron chi connectivity index (χ3n) is 4.61. The number of benzene rings is 1. The Morgan fingerprint density at radius 2 is 1.93 bits per heavy atom. The molecule has 1 fully saturated rings. The Hall–Kier alpha value is -2.52. The molecule has 1 saturated carbocycles. The molecule has 0 unspecified atom stereocenters. The zero-order chi connectivity index (χ0) is 19.7. The van der Waals surface area contributed by atoms with Crippen LogP contribution < -0.4 is 9.46 Å². The van der Waals surface area contributed by atoms with Crippen molar-refractivity contribution in [3.63, 3.8) is 0 Å². The van der Waals surface area contributed by atoms with Crippen LogP contribution in [0.5, 0.6) is 5.75 Å². The predicted octanol–water partition coefficient (Wildman–Crippen LogP) is 4.45. The highest BCUT2D eigenvalue weighted by Gasteiger charge is 2.26. The highest BCUT2D eigenvalue weighted by Crippen LogP contribution is 2.35. The van der Waals surface area contributed by atoms with E-state index in [2.05, 4.69) is 14.9 Å². The van der Waals surface area contributed by atoms with E-state index in [9.17, 15) is 8.42 Å². The lowest BCUT2D eigenvalue weighted by atomic mass is 10.1. The van der Waals surface area contributed by atoms with Crippen molar-refractivity contribution in [1.82, 2.24) is 10.2 Å². The van der Waals surface area contributed by atoms with E-state index >= 15 is 0 Å². The van der Waals surface area contributed by atoms with Crippen molar-refractivity contribution in [2.24, 2.45) is 0 Å². The Kier molecular flexibility index (Phi) is 5.03. The van der Waals surface area contributed by atoms with E-state index in [1.807, 2.05) is 0 Å². The lowest BCUT2D eigenvalue weighted by molar-refractivity contribution is 0.416. The molecule has 2 aromatic heterocycles. The number of halogens is 1. The molecule has 4 rings (SSSR count). The van der Waals surface area contributed by atoms with Crippen LogP contribution in [0.1, 0.15) is 37.5 Å². The van der Waals surface area contributed by atoms with Crippen molar-refractivity contribution in [3.05, 3.63) is 41.2 Å². The molecule has 0 spiro atoms. The van der Waals surface area contributed by atoms with E-state index in [1.165, 1.54) is 25.3 Å². The van der Waals surface area contributed by atoms with Gasteiger partial charge in [-0.15, -0.1) is 10.2 Å². The summed E-state index contributed by atoms with van der Waals surface area (Å²) in [6.45, 7) is 0. The average Bonchev–Trinajstić information content (AvgIpc) is 3.40. The van der Waals surface area contributed by atoms with Crippen LogP contribution >= 0.6 is 11.6 Å². The van der Waals surface area contributed by atoms with Crippen LogP contribution in [0.25, 0.3) is 11.7 Å². The summed E-state index contributed by atoms with van der Waals surface area (Å²) in [6.07, 6.45) is 4.32. The molecule has 0 amide bonds. The number of hydrogen-bond donors (Lipinski definition) is 1. The molecule has 8 nitrogen and oxygen atoms in total. The quantitative estimate of drug-likeness (QED) is 0.623. The SMILES string of the molecule is COc1ccc(Cl)cc1NS(=O)(=O)c1ccc(-c2nnc(C3CCCC3)o2)o1. The van der Waals surface area contributed by atoms with Gasteiger partial charge in [-0.1, -0.05) is 24.4 Å². The standard InChI is InChI=1S/C18H18ClN3O5S/c1-25-14-7-6-12(19)10-13(14)22-28(23,24)16-9-8-15(26-16)18-21-20-17(27-18)11-4-2-3-5-11/h6-11,22H,2-5H2,1H3. The number of sulfonamides is 1. The summed E-state index contributed by atoms with van der Waals surface area (Å²) in [7, 11) is -2.57. The number of furan rings is 1. The summed E-state index contributed by atoms with van der Waals surface area (Å²) in [4.78, 5) is 0. The Morgan fingerprint density at radius 3 is 2.68 bits per heavy atom. The Bertz CT molecular complexity index is 1090. The molecule has 10 heteroatoms. The van der Waals surface area contributed by atoms with Gasteiger partial charge in [0.05, 0.1) is 12.8 Å². The van der Waals surface area contributed by atoms with E-state index in [0.717, 1.165) is 25.7 Å². The molecule has 0 saturated heterocycles. The van der Waals surface area contributed by atoms with Gasteiger partial charge in [0.1, 0.15) is 5.75 Å². The maximum absolute atomic E-state index is 12.7. The molecule has 0 aliphatic heterocycles. The molecule has 1 N–H and O–H groups in total. The first-order valence-corrected chi connectivity index (χ1v) is 10.6. The van der Waals surface area contributed by atoms with E-state index in [4.69, 9.17) is 25.2 Å². The number of rotatable bonds is 6. The first-order valence-electron chi connectivity index (χ1n) is 8.76. The van der Waals surface area contributed by atoms with E-state index < -0.39 is 10.0 Å². The first-order chi connectivity index (χ1) is 13.5. The molecule has 28 heavy (non-hydrogen) atoms. The molecular formula is C18H18ClN3O5S. The highest BCUT2D eigenvalue weighted by molar-refractivity contribution is 7.92. The fourth-order valence-corrected chi connectivity index (χ4v) is 4.37. The topological polar surface area (TPSA) is 107 Å². The van der Waals surface area contributed by atoms with Crippen LogP contribution in [0.3, 0.4) is 0 Å². The molecule has 148 valence electrons. The molecule has 1 aliphatic carbocycles. The molecular weight excluding hydrogens is 406 g/mol. The third kappa shape index (κ3) is 3.72. The van der Waals surface area contributed by atoms with Crippen LogP contribution in [0, 0.1) is 0 Å². The number of methoxy groups -OCH3 is 1. The molecule has 2 heterocycles. The van der Waals surface area contributed by atoms with Gasteiger partial charge in [0.15, 0.2) is 5.76 Å². The van der Waals surface area contributed by atoms with Gasteiger partial charge >= 0.3 is 0 Å². The van der Waals surface area contributed by atoms with Gasteiger partial charge in [0, 0.05) is 10.9 Å². The number of hydrogen-bond acceptors (Lipinski definition) is 7. The second-order valence-corrected chi connectivity index (χ2v) is 8.55. The third-order valence-corrected chi connectivity index (χ3v) is 6.08. The van der Waals surface area contributed by atoms with Gasteiger partial charge in [-0.3, -0.25) is 4.72 Å². The lowest BCUT2D eigenvalue weighted by Crippen LogP contribution is -2.12. The minimum absolute atomic E-state index is 0.156. The van der Waals surface area contributed by atoms with Crippen molar-refractivity contribution in [2.75, 3.05) is 11.8 Å². The monoisotopic (exact) mass is 423 g/mol. The number of ether oxygens (including phenoxy) is 1. The Morgan fingerprint density at radius 1 is 1.14 bits per heavy atom. The van der Waals surface area contributed by atoms with E-state index in [0.29, 0.717) is 16.7 Å². The van der Waals surface area contributed by atoms with Crippen LogP contribution in [0.15, 0.2) is 44.3 Å². The number of nitrogens with one attached hydrogen (secondary N) is 1. The molecule has 1 aromatic carbocycles. The zero-order valence-electron chi connectivity index (χ0n) is 15.0. The summed E-state index contributed by atoms with van der Waals surface area (Å²) in [5, 5.41) is 8.14. The van der Waals surface area contributed by atoms with Gasteiger partial charge in [-0.2, -0.15) is 8.42 Å². The van der Waals surface area contributed by atoms with Crippen molar-refractivity contribution < 1.29 is 22.0 Å². The van der Waals surface area contributed by atoms with E-state index in [1.54, 1.807) is 12.1 Å². The minimum Gasteiger partial charge on any atom is -0.495 e. The Balaban J connectivity index is 1.57. The number of aromatic nitrogens is 2. The molecule has 3 aromatic rings. The van der Waals surface area contributed by atoms with Crippen molar-refractivity contribution >= 4 is 27.3 Å². The van der Waals surface area contributed by atoms with E-state index in [-0.39, 0.29) is 28.3 Å². The summed E-state index contributed by atoms with van der Waals surface area (Å²) >= 11 is 5.95. The fourth-order valence-electron chi connectivity index (χ4n) is 3.21. The second-order valence-electron chi connectivity index (χ2n) is 6.50. The first kappa shape index (κ1) is 18.8. The summed E-state index contributed by atoms with van der Waals surface area (Å²) < 4.78 is 44.1. The lowest BCUT2D eigenvalue weighted by Gasteiger charge is -2.10. The van der Waals surface area contributed by atoms with Crippen molar-refractivity contribution in [1.29, 1.82) is 0 Å². The van der Waals surface area contributed by atoms with Crippen molar-refractivity contribution in [2.45, 2.75) is 36.7 Å². The number of nitrogens with zero attached hydrogens (tertiary/aromatic N) is 2. The molecule has 0 atom stereocenters. The smallest absolute Gasteiger partial charge is 0.295 e. The van der Waals surface area contributed by atoms with Crippen LogP contribution in [-0.4, -0.2) is 25.7 Å². The summed E-state index contributed by atoms with van der Waals surface area (Å²) in [5.41, 5.74) is 0.203. The number of anilines is 1. The molecule has 1 aliphatic rings. The maximum atomic E-state index is 12.7. The fraction of sp³-hybridized carbons (Fsp3) is 0.333. The maximum Gasteiger partial charge on any atom is 0.295 e. The van der Waals surface area contributed by atoms with Gasteiger partial charge in [0.25, 0.3) is 15.9 Å². The zero-order valence-corrected chi connectivity index (χ0v) is 16.6. The Labute approximate surface area is 166 Å². The summed E-state index contributed by atoms with van der Waals surface area (Å²) in [6, 6.07) is 7.43. The highest BCUT2D eigenvalue weighted by atomic mass is 35.5. The predicted molar refractivity (Wildman–Crippen MR) is 102 cm³/mol. The average molecular weight is 424 g/mol. The van der Waals surface area contributed by atoms with Crippen LogP contribution in [-0.2, 0) is 10.0 Å². The van der Waals surface area contributed by atoms with Gasteiger partial charge in [0.2, 0.25) is 11.0 Å². The minimum atomic E-state index is -4.00. The van der Waals surface area contributed by atoms with Gasteiger partial charge in [-0.05, 0) is 43.2 Å². The van der Waals surface area contributed by atoms with Gasteiger partial charge < -0.3 is 13.6 Å². The largest absolute Gasteiger partial charge is 0.495 e. The van der Waals surface area contributed by atoms with Gasteiger partial charge in [-0.25, -0.2) is 0 Å². The van der Waals surface area contributed by atoms with Crippen LogP contribution in [0.2, 0.25) is 5.02 Å². The normalized spacial score (nSPS) is 15.1. The van der Waals surface area contributed by atoms with Crippen LogP contribution in [0.4, 0.5) is 5.69 Å². The molecule has 0 radical (unpaired) electrons. The molecule has 0 bridgehead atoms. The summed E-state index contributed by atoms with van der Waals surface area (Å²) in [5.74, 6) is 1.50. The second kappa shape index (κ2) is 7.48. The van der Waals surface area contributed by atoms with Crippen molar-refractivity contribution in [3.8, 4) is 17.4 Å².